The molecule has 0 radical (unpaired) electrons. The van der Waals surface area contributed by atoms with Crippen LogP contribution in [0.1, 0.15) is 126 Å². The van der Waals surface area contributed by atoms with Crippen molar-refractivity contribution in [3.63, 3.8) is 0 Å². The first-order valence-electron chi connectivity index (χ1n) is 19.8. The van der Waals surface area contributed by atoms with Crippen LogP contribution in [-0.4, -0.2) is 9.97 Å². The molecule has 0 aliphatic carbocycles. The Balaban J connectivity index is 0.00000481. The fourth-order valence-corrected chi connectivity index (χ4v) is 8.86. The first-order valence-corrected chi connectivity index (χ1v) is 19.8. The minimum Gasteiger partial charge on any atom is -0.657 e. The third kappa shape index (κ3) is 6.50. The first-order chi connectivity index (χ1) is 25.5. The second-order valence-electron chi connectivity index (χ2n) is 13.8. The molecule has 2 aliphatic heterocycles. The molecular formula is C48H52N4Zn. The summed E-state index contributed by atoms with van der Waals surface area (Å²) in [5.41, 5.74) is 23.3. The maximum absolute atomic E-state index is 5.81. The largest absolute Gasteiger partial charge is 2.00 e. The molecule has 53 heavy (non-hydrogen) atoms. The van der Waals surface area contributed by atoms with Crippen LogP contribution in [0.15, 0.2) is 72.8 Å². The molecule has 0 fully saturated rings. The van der Waals surface area contributed by atoms with E-state index < -0.39 is 0 Å². The van der Waals surface area contributed by atoms with Crippen molar-refractivity contribution in [2.45, 2.75) is 107 Å². The van der Waals surface area contributed by atoms with Crippen LogP contribution in [0.25, 0.3) is 66.6 Å². The van der Waals surface area contributed by atoms with Gasteiger partial charge < -0.3 is 9.97 Å². The Bertz CT molecular complexity index is 2210. The summed E-state index contributed by atoms with van der Waals surface area (Å²) < 4.78 is 0. The summed E-state index contributed by atoms with van der Waals surface area (Å²) in [5, 5.41) is 0. The molecule has 0 amide bonds. The number of nitrogens with zero attached hydrogens (tertiary/aromatic N) is 4. The van der Waals surface area contributed by atoms with Crippen LogP contribution in [0.2, 0.25) is 0 Å². The maximum Gasteiger partial charge on any atom is 2.00 e. The van der Waals surface area contributed by atoms with Crippen molar-refractivity contribution in [2.24, 2.45) is 0 Å². The van der Waals surface area contributed by atoms with E-state index in [2.05, 4.69) is 128 Å². The Kier molecular flexibility index (Phi) is 11.8. The van der Waals surface area contributed by atoms with Gasteiger partial charge >= 0.3 is 19.5 Å². The number of benzene rings is 2. The van der Waals surface area contributed by atoms with Crippen molar-refractivity contribution in [3.8, 4) is 22.3 Å². The number of allylic oxidation sites excluding steroid dienone is 4. The van der Waals surface area contributed by atoms with Crippen LogP contribution in [0.3, 0.4) is 0 Å². The van der Waals surface area contributed by atoms with Gasteiger partial charge in [-0.05, 0) is 95.9 Å². The van der Waals surface area contributed by atoms with Gasteiger partial charge in [0.15, 0.2) is 0 Å². The number of aryl methyl sites for hydroxylation is 4. The van der Waals surface area contributed by atoms with E-state index in [1.54, 1.807) is 0 Å². The van der Waals surface area contributed by atoms with Crippen molar-refractivity contribution in [2.75, 3.05) is 0 Å². The topological polar surface area (TPSA) is 54.0 Å². The predicted molar refractivity (Wildman–Crippen MR) is 222 cm³/mol. The number of hydrogen-bond acceptors (Lipinski definition) is 2. The third-order valence-corrected chi connectivity index (χ3v) is 11.2. The van der Waals surface area contributed by atoms with Gasteiger partial charge in [-0.1, -0.05) is 150 Å². The summed E-state index contributed by atoms with van der Waals surface area (Å²) in [6.45, 7) is 18.1. The van der Waals surface area contributed by atoms with E-state index >= 15 is 0 Å². The second kappa shape index (κ2) is 16.4. The smallest absolute Gasteiger partial charge is 0.657 e. The van der Waals surface area contributed by atoms with Crippen LogP contribution >= 0.6 is 0 Å². The van der Waals surface area contributed by atoms with Gasteiger partial charge in [-0.3, -0.25) is 0 Å². The Morgan fingerprint density at radius 3 is 1.09 bits per heavy atom. The average Bonchev–Trinajstić information content (AvgIpc) is 3.92. The van der Waals surface area contributed by atoms with Gasteiger partial charge in [-0.25, -0.2) is 9.97 Å². The molecule has 7 rings (SSSR count). The first kappa shape index (κ1) is 38.4. The molecule has 5 heteroatoms. The van der Waals surface area contributed by atoms with E-state index in [0.717, 1.165) is 118 Å². The van der Waals surface area contributed by atoms with Gasteiger partial charge in [0.05, 0.1) is 22.8 Å². The zero-order chi connectivity index (χ0) is 36.5. The number of hydrogen-bond donors (Lipinski definition) is 0. The van der Waals surface area contributed by atoms with Crippen LogP contribution < -0.4 is 9.97 Å². The van der Waals surface area contributed by atoms with Crippen molar-refractivity contribution in [1.82, 2.24) is 19.9 Å². The maximum atomic E-state index is 5.81. The minimum atomic E-state index is 0. The van der Waals surface area contributed by atoms with Crippen molar-refractivity contribution >= 4 is 44.4 Å². The van der Waals surface area contributed by atoms with Gasteiger partial charge in [-0.15, -0.1) is 22.1 Å². The van der Waals surface area contributed by atoms with Crippen LogP contribution in [0.5, 0.6) is 0 Å². The summed E-state index contributed by atoms with van der Waals surface area (Å²) in [6.07, 6.45) is 7.16. The number of fused-ring (bicyclic) bond motifs is 8. The van der Waals surface area contributed by atoms with Crippen LogP contribution in [0, 0.1) is 0 Å². The van der Waals surface area contributed by atoms with Gasteiger partial charge in [0.25, 0.3) is 0 Å². The fourth-order valence-electron chi connectivity index (χ4n) is 8.86. The van der Waals surface area contributed by atoms with Crippen molar-refractivity contribution in [3.05, 3.63) is 118 Å². The molecule has 2 aliphatic rings. The molecule has 0 spiro atoms. The van der Waals surface area contributed by atoms with Crippen molar-refractivity contribution in [1.29, 1.82) is 0 Å². The van der Waals surface area contributed by atoms with E-state index in [1.807, 2.05) is 0 Å². The molecule has 0 saturated heterocycles. The normalized spacial score (nSPS) is 12.8. The molecule has 0 unspecified atom stereocenters. The summed E-state index contributed by atoms with van der Waals surface area (Å²) in [5.74, 6) is 0. The van der Waals surface area contributed by atoms with Crippen molar-refractivity contribution < 1.29 is 19.5 Å². The van der Waals surface area contributed by atoms with E-state index in [1.165, 1.54) is 44.5 Å². The van der Waals surface area contributed by atoms with E-state index in [-0.39, 0.29) is 19.5 Å². The molecule has 5 aromatic rings. The molecule has 0 N–H and O–H groups in total. The molecule has 8 bridgehead atoms. The summed E-state index contributed by atoms with van der Waals surface area (Å²) >= 11 is 0. The summed E-state index contributed by atoms with van der Waals surface area (Å²) in [6, 6.07) is 26.2. The van der Waals surface area contributed by atoms with Gasteiger partial charge in [0, 0.05) is 0 Å². The molecular weight excluding hydrogens is 698 g/mol. The minimum absolute atomic E-state index is 0. The Morgan fingerprint density at radius 2 is 0.774 bits per heavy atom. The molecule has 2 aromatic carbocycles. The third-order valence-electron chi connectivity index (χ3n) is 11.2. The average molecular weight is 750 g/mol. The van der Waals surface area contributed by atoms with Gasteiger partial charge in [0.1, 0.15) is 0 Å². The molecule has 5 heterocycles. The molecule has 3 aromatic heterocycles. The van der Waals surface area contributed by atoms with Gasteiger partial charge in [-0.2, -0.15) is 0 Å². The Hall–Kier alpha value is -4.34. The van der Waals surface area contributed by atoms with Gasteiger partial charge in [0.2, 0.25) is 0 Å². The second-order valence-corrected chi connectivity index (χ2v) is 13.8. The van der Waals surface area contributed by atoms with Crippen LogP contribution in [-0.2, 0) is 45.2 Å². The fraction of sp³-hybridized carbons (Fsp3) is 0.333. The number of aromatic nitrogens is 4. The van der Waals surface area contributed by atoms with E-state index in [0.29, 0.717) is 0 Å². The SMILES string of the molecule is CCC1=C(CC)c2cc3[n-]c(c(CC)c3CC)c(-c3ccccc3)c3nc(c(-c4ccccc4)c4[n-]c(cc1n2)c(CC)c4CC)C(CC)=C3CC.[Zn+2]. The Labute approximate surface area is 329 Å². The molecule has 0 saturated carbocycles. The predicted octanol–water partition coefficient (Wildman–Crippen LogP) is 12.6. The summed E-state index contributed by atoms with van der Waals surface area (Å²) in [4.78, 5) is 22.4. The van der Waals surface area contributed by atoms with E-state index in [9.17, 15) is 0 Å². The monoisotopic (exact) mass is 748 g/mol. The van der Waals surface area contributed by atoms with E-state index in [4.69, 9.17) is 19.9 Å². The summed E-state index contributed by atoms with van der Waals surface area (Å²) in [7, 11) is 0. The van der Waals surface area contributed by atoms with Crippen LogP contribution in [0.4, 0.5) is 0 Å². The Morgan fingerprint density at radius 1 is 0.415 bits per heavy atom. The zero-order valence-electron chi connectivity index (χ0n) is 33.1. The standard InChI is InChI=1S/C48H52N4.Zn/c1-9-31-32(10-2)40-28-42-34(12-4)36(14-6)46(51-42)44(30-25-21-18-22-26-30)48-38(16-8)37(15-7)47(52-48)43(29-23-19-17-20-24-29)45-35(13-5)33(11-3)41(50-45)27-39(31)49-40;/h17-28H,9-16H2,1-8H3;/q-2;+2. The molecule has 266 valence electrons. The molecule has 0 atom stereocenters. The quantitative estimate of drug-likeness (QED) is 0.133. The zero-order valence-corrected chi connectivity index (χ0v) is 36.0. The number of rotatable bonds is 10. The molecule has 4 nitrogen and oxygen atoms in total.